The third-order valence-corrected chi connectivity index (χ3v) is 1.19. The van der Waals surface area contributed by atoms with Gasteiger partial charge in [0.1, 0.15) is 0 Å². The summed E-state index contributed by atoms with van der Waals surface area (Å²) in [7, 11) is 0. The first-order valence-electron chi connectivity index (χ1n) is 2.94. The van der Waals surface area contributed by atoms with Gasteiger partial charge >= 0.3 is 0 Å². The molecule has 0 bridgehead atoms. The number of dihydropyridines is 1. The molecule has 0 unspecified atom stereocenters. The van der Waals surface area contributed by atoms with Gasteiger partial charge in [-0.2, -0.15) is 0 Å². The van der Waals surface area contributed by atoms with E-state index in [0.717, 1.165) is 13.1 Å². The molecule has 0 saturated heterocycles. The maximum absolute atomic E-state index is 3.77. The second-order valence-electron chi connectivity index (χ2n) is 1.95. The average molecular weight is 122 g/mol. The SMILES string of the molecule is C=NCC1=CC=CNC1. The van der Waals surface area contributed by atoms with Crippen LogP contribution < -0.4 is 5.32 Å². The molecule has 1 N–H and O–H groups in total. The first kappa shape index (κ1) is 6.08. The highest BCUT2D eigenvalue weighted by molar-refractivity contribution is 5.27. The van der Waals surface area contributed by atoms with Gasteiger partial charge in [-0.3, -0.25) is 4.99 Å². The molecule has 0 fully saturated rings. The lowest BCUT2D eigenvalue weighted by Gasteiger charge is -2.06. The fourth-order valence-corrected chi connectivity index (χ4v) is 0.753. The van der Waals surface area contributed by atoms with E-state index in [9.17, 15) is 0 Å². The van der Waals surface area contributed by atoms with Gasteiger partial charge in [0, 0.05) is 6.54 Å². The molecule has 0 saturated carbocycles. The molecule has 0 aromatic heterocycles. The highest BCUT2D eigenvalue weighted by atomic mass is 14.8. The zero-order chi connectivity index (χ0) is 6.53. The van der Waals surface area contributed by atoms with Crippen molar-refractivity contribution >= 4 is 6.72 Å². The Morgan fingerprint density at radius 1 is 1.78 bits per heavy atom. The van der Waals surface area contributed by atoms with Crippen molar-refractivity contribution in [1.29, 1.82) is 0 Å². The predicted octanol–water partition coefficient (Wildman–Crippen LogP) is 0.730. The fraction of sp³-hybridized carbons (Fsp3) is 0.286. The Kier molecular flexibility index (Phi) is 2.07. The number of nitrogens with one attached hydrogen (secondary N) is 1. The van der Waals surface area contributed by atoms with E-state index in [2.05, 4.69) is 23.1 Å². The number of rotatable bonds is 2. The lowest BCUT2D eigenvalue weighted by Crippen LogP contribution is -2.13. The van der Waals surface area contributed by atoms with Crippen molar-refractivity contribution in [1.82, 2.24) is 5.32 Å². The van der Waals surface area contributed by atoms with Crippen molar-refractivity contribution < 1.29 is 0 Å². The molecule has 2 nitrogen and oxygen atoms in total. The number of hydrogen-bond donors (Lipinski definition) is 1. The molecule has 0 atom stereocenters. The zero-order valence-electron chi connectivity index (χ0n) is 5.30. The van der Waals surface area contributed by atoms with E-state index in [1.54, 1.807) is 0 Å². The predicted molar refractivity (Wildman–Crippen MR) is 39.6 cm³/mol. The van der Waals surface area contributed by atoms with E-state index in [-0.39, 0.29) is 0 Å². The number of allylic oxidation sites excluding steroid dienone is 2. The molecule has 0 aliphatic carbocycles. The summed E-state index contributed by atoms with van der Waals surface area (Å²) in [6.45, 7) is 5.07. The van der Waals surface area contributed by atoms with Gasteiger partial charge in [0.05, 0.1) is 6.54 Å². The molecule has 9 heavy (non-hydrogen) atoms. The minimum atomic E-state index is 0.747. The van der Waals surface area contributed by atoms with Crippen molar-refractivity contribution in [2.45, 2.75) is 0 Å². The van der Waals surface area contributed by atoms with Gasteiger partial charge in [0.25, 0.3) is 0 Å². The summed E-state index contributed by atoms with van der Waals surface area (Å²) in [6.07, 6.45) is 5.96. The van der Waals surface area contributed by atoms with Gasteiger partial charge in [0.15, 0.2) is 0 Å². The maximum Gasteiger partial charge on any atom is 0.0612 e. The van der Waals surface area contributed by atoms with Gasteiger partial charge in [0.2, 0.25) is 0 Å². The molecule has 1 heterocycles. The Bertz CT molecular complexity index is 156. The van der Waals surface area contributed by atoms with Crippen LogP contribution in [0.2, 0.25) is 0 Å². The highest BCUT2D eigenvalue weighted by Gasteiger charge is 1.94. The largest absolute Gasteiger partial charge is 0.387 e. The van der Waals surface area contributed by atoms with Gasteiger partial charge in [-0.1, -0.05) is 6.08 Å². The van der Waals surface area contributed by atoms with E-state index in [1.807, 2.05) is 12.3 Å². The van der Waals surface area contributed by atoms with Crippen LogP contribution in [0.1, 0.15) is 0 Å². The Balaban J connectivity index is 2.47. The first-order valence-corrected chi connectivity index (χ1v) is 2.94. The van der Waals surface area contributed by atoms with Crippen molar-refractivity contribution in [2.75, 3.05) is 13.1 Å². The van der Waals surface area contributed by atoms with Crippen LogP contribution in [0, 0.1) is 0 Å². The van der Waals surface area contributed by atoms with Crippen LogP contribution in [0.25, 0.3) is 0 Å². The van der Waals surface area contributed by atoms with Crippen LogP contribution in [-0.4, -0.2) is 19.8 Å². The minimum Gasteiger partial charge on any atom is -0.387 e. The summed E-state index contributed by atoms with van der Waals surface area (Å²) in [5.74, 6) is 0. The van der Waals surface area contributed by atoms with Crippen molar-refractivity contribution in [3.63, 3.8) is 0 Å². The molecule has 0 aromatic rings. The molecule has 0 aromatic carbocycles. The summed E-state index contributed by atoms with van der Waals surface area (Å²) in [5.41, 5.74) is 1.28. The molecule has 0 radical (unpaired) electrons. The topological polar surface area (TPSA) is 24.4 Å². The van der Waals surface area contributed by atoms with Crippen LogP contribution in [0.3, 0.4) is 0 Å². The fourth-order valence-electron chi connectivity index (χ4n) is 0.753. The Morgan fingerprint density at radius 2 is 2.67 bits per heavy atom. The van der Waals surface area contributed by atoms with Gasteiger partial charge < -0.3 is 5.32 Å². The molecular formula is C7H10N2. The molecule has 0 spiro atoms. The number of nitrogens with zero attached hydrogens (tertiary/aromatic N) is 1. The van der Waals surface area contributed by atoms with Gasteiger partial charge in [-0.25, -0.2) is 0 Å². The van der Waals surface area contributed by atoms with Crippen molar-refractivity contribution in [2.24, 2.45) is 4.99 Å². The smallest absolute Gasteiger partial charge is 0.0612 e. The maximum atomic E-state index is 3.77. The quantitative estimate of drug-likeness (QED) is 0.536. The van der Waals surface area contributed by atoms with E-state index in [1.165, 1.54) is 5.57 Å². The van der Waals surface area contributed by atoms with Crippen LogP contribution in [0.5, 0.6) is 0 Å². The van der Waals surface area contributed by atoms with Gasteiger partial charge in [-0.05, 0) is 24.6 Å². The number of hydrogen-bond acceptors (Lipinski definition) is 2. The van der Waals surface area contributed by atoms with E-state index < -0.39 is 0 Å². The number of aliphatic imine (C=N–C) groups is 1. The minimum absolute atomic E-state index is 0.747. The standard InChI is InChI=1S/C7H10N2/c1-8-5-7-3-2-4-9-6-7/h2-4,9H,1,5-6H2. The van der Waals surface area contributed by atoms with E-state index in [0.29, 0.717) is 0 Å². The summed E-state index contributed by atoms with van der Waals surface area (Å²) in [6, 6.07) is 0. The Hall–Kier alpha value is -1.05. The van der Waals surface area contributed by atoms with Crippen LogP contribution in [-0.2, 0) is 0 Å². The summed E-state index contributed by atoms with van der Waals surface area (Å²) >= 11 is 0. The van der Waals surface area contributed by atoms with Crippen LogP contribution in [0.4, 0.5) is 0 Å². The Morgan fingerprint density at radius 3 is 3.22 bits per heavy atom. The summed E-state index contributed by atoms with van der Waals surface area (Å²) < 4.78 is 0. The molecule has 1 aliphatic rings. The molecular weight excluding hydrogens is 112 g/mol. The third kappa shape index (κ3) is 1.72. The van der Waals surface area contributed by atoms with Crippen LogP contribution >= 0.6 is 0 Å². The molecule has 1 rings (SSSR count). The van der Waals surface area contributed by atoms with Crippen molar-refractivity contribution in [3.05, 3.63) is 23.9 Å². The van der Waals surface area contributed by atoms with Crippen LogP contribution in [0.15, 0.2) is 28.9 Å². The second-order valence-corrected chi connectivity index (χ2v) is 1.95. The molecule has 48 valence electrons. The molecule has 0 amide bonds. The second kappa shape index (κ2) is 3.07. The lowest BCUT2D eigenvalue weighted by atomic mass is 10.2. The zero-order valence-corrected chi connectivity index (χ0v) is 5.30. The highest BCUT2D eigenvalue weighted by Crippen LogP contribution is 1.97. The van der Waals surface area contributed by atoms with Gasteiger partial charge in [-0.15, -0.1) is 0 Å². The summed E-state index contributed by atoms with van der Waals surface area (Å²) in [4.78, 5) is 3.77. The average Bonchev–Trinajstić information content (AvgIpc) is 1.91. The van der Waals surface area contributed by atoms with E-state index >= 15 is 0 Å². The Labute approximate surface area is 55.0 Å². The lowest BCUT2D eigenvalue weighted by molar-refractivity contribution is 0.891. The van der Waals surface area contributed by atoms with E-state index in [4.69, 9.17) is 0 Å². The first-order chi connectivity index (χ1) is 4.43. The molecule has 1 aliphatic heterocycles. The summed E-state index contributed by atoms with van der Waals surface area (Å²) in [5, 5.41) is 3.08. The monoisotopic (exact) mass is 122 g/mol. The molecule has 2 heteroatoms. The van der Waals surface area contributed by atoms with Crippen molar-refractivity contribution in [3.8, 4) is 0 Å². The normalized spacial score (nSPS) is 16.2. The third-order valence-electron chi connectivity index (χ3n) is 1.19.